The Hall–Kier alpha value is -1.71. The zero-order valence-electron chi connectivity index (χ0n) is 11.4. The van der Waals surface area contributed by atoms with E-state index in [1.807, 2.05) is 31.2 Å². The standard InChI is InChI=1S/C16H18ClNO2/c1-2-20-11-12-6-3-4-8-15(12)18-10-13-14(17)7-5-9-16(13)19/h3-9,18-19H,2,10-11H2,1H3. The van der Waals surface area contributed by atoms with E-state index in [1.54, 1.807) is 18.2 Å². The summed E-state index contributed by atoms with van der Waals surface area (Å²) in [5.41, 5.74) is 2.77. The number of ether oxygens (including phenoxy) is 1. The summed E-state index contributed by atoms with van der Waals surface area (Å²) in [6.45, 7) is 3.68. The summed E-state index contributed by atoms with van der Waals surface area (Å²) < 4.78 is 5.44. The minimum Gasteiger partial charge on any atom is -0.508 e. The van der Waals surface area contributed by atoms with Crippen molar-refractivity contribution in [3.8, 4) is 5.75 Å². The van der Waals surface area contributed by atoms with E-state index >= 15 is 0 Å². The second-order valence-corrected chi connectivity index (χ2v) is 4.79. The van der Waals surface area contributed by atoms with Crippen LogP contribution in [0.3, 0.4) is 0 Å². The zero-order valence-corrected chi connectivity index (χ0v) is 12.2. The number of para-hydroxylation sites is 1. The number of benzene rings is 2. The van der Waals surface area contributed by atoms with Gasteiger partial charge >= 0.3 is 0 Å². The van der Waals surface area contributed by atoms with Gasteiger partial charge in [-0.2, -0.15) is 0 Å². The van der Waals surface area contributed by atoms with E-state index in [1.165, 1.54) is 0 Å². The Morgan fingerprint density at radius 1 is 1.15 bits per heavy atom. The van der Waals surface area contributed by atoms with Crippen molar-refractivity contribution in [2.24, 2.45) is 0 Å². The summed E-state index contributed by atoms with van der Waals surface area (Å²) in [5, 5.41) is 13.7. The van der Waals surface area contributed by atoms with E-state index in [-0.39, 0.29) is 5.75 Å². The van der Waals surface area contributed by atoms with Crippen LogP contribution in [0.4, 0.5) is 5.69 Å². The van der Waals surface area contributed by atoms with Gasteiger partial charge in [0.1, 0.15) is 5.75 Å². The van der Waals surface area contributed by atoms with Crippen molar-refractivity contribution >= 4 is 17.3 Å². The maximum atomic E-state index is 9.83. The molecule has 0 amide bonds. The molecule has 3 nitrogen and oxygen atoms in total. The molecule has 4 heteroatoms. The first-order valence-electron chi connectivity index (χ1n) is 6.58. The summed E-state index contributed by atoms with van der Waals surface area (Å²) in [6, 6.07) is 13.1. The molecule has 0 aliphatic rings. The van der Waals surface area contributed by atoms with Gasteiger partial charge in [-0.3, -0.25) is 0 Å². The summed E-state index contributed by atoms with van der Waals surface area (Å²) >= 11 is 6.09. The van der Waals surface area contributed by atoms with Crippen LogP contribution >= 0.6 is 11.6 Å². The number of anilines is 1. The maximum absolute atomic E-state index is 9.83. The Morgan fingerprint density at radius 2 is 1.95 bits per heavy atom. The first-order valence-corrected chi connectivity index (χ1v) is 6.96. The molecule has 0 fully saturated rings. The van der Waals surface area contributed by atoms with Crippen LogP contribution in [0.1, 0.15) is 18.1 Å². The maximum Gasteiger partial charge on any atom is 0.122 e. The molecule has 0 aromatic heterocycles. The third-order valence-electron chi connectivity index (χ3n) is 3.03. The van der Waals surface area contributed by atoms with Crippen LogP contribution in [0, 0.1) is 0 Å². The van der Waals surface area contributed by atoms with Crippen molar-refractivity contribution in [2.75, 3.05) is 11.9 Å². The van der Waals surface area contributed by atoms with E-state index in [9.17, 15) is 5.11 Å². The largest absolute Gasteiger partial charge is 0.508 e. The summed E-state index contributed by atoms with van der Waals surface area (Å²) in [4.78, 5) is 0. The van der Waals surface area contributed by atoms with Gasteiger partial charge in [-0.05, 0) is 25.1 Å². The molecule has 0 saturated heterocycles. The highest BCUT2D eigenvalue weighted by Gasteiger charge is 2.07. The fraction of sp³-hybridized carbons (Fsp3) is 0.250. The van der Waals surface area contributed by atoms with Gasteiger partial charge in [0, 0.05) is 35.0 Å². The van der Waals surface area contributed by atoms with Gasteiger partial charge < -0.3 is 15.2 Å². The zero-order chi connectivity index (χ0) is 14.4. The van der Waals surface area contributed by atoms with Gasteiger partial charge in [0.15, 0.2) is 0 Å². The van der Waals surface area contributed by atoms with E-state index < -0.39 is 0 Å². The first-order chi connectivity index (χ1) is 9.72. The normalized spacial score (nSPS) is 10.5. The Morgan fingerprint density at radius 3 is 2.70 bits per heavy atom. The van der Waals surface area contributed by atoms with Gasteiger partial charge in [-0.15, -0.1) is 0 Å². The SMILES string of the molecule is CCOCc1ccccc1NCc1c(O)cccc1Cl. The van der Waals surface area contributed by atoms with Crippen molar-refractivity contribution in [1.29, 1.82) is 0 Å². The molecule has 2 rings (SSSR count). The van der Waals surface area contributed by atoms with Crippen LogP contribution in [-0.2, 0) is 17.9 Å². The fourth-order valence-electron chi connectivity index (χ4n) is 1.94. The van der Waals surface area contributed by atoms with Crippen LogP contribution in [0.25, 0.3) is 0 Å². The average Bonchev–Trinajstić information content (AvgIpc) is 2.45. The van der Waals surface area contributed by atoms with Gasteiger partial charge in [0.25, 0.3) is 0 Å². The van der Waals surface area contributed by atoms with E-state index in [0.717, 1.165) is 11.3 Å². The number of rotatable bonds is 6. The lowest BCUT2D eigenvalue weighted by Gasteiger charge is -2.13. The van der Waals surface area contributed by atoms with Gasteiger partial charge in [0.05, 0.1) is 6.61 Å². The molecule has 2 aromatic carbocycles. The Balaban J connectivity index is 2.11. The smallest absolute Gasteiger partial charge is 0.122 e. The molecule has 0 heterocycles. The third kappa shape index (κ3) is 3.65. The molecule has 0 bridgehead atoms. The lowest BCUT2D eigenvalue weighted by molar-refractivity contribution is 0.134. The third-order valence-corrected chi connectivity index (χ3v) is 3.38. The minimum absolute atomic E-state index is 0.201. The van der Waals surface area contributed by atoms with Gasteiger partial charge in [0.2, 0.25) is 0 Å². The molecule has 106 valence electrons. The van der Waals surface area contributed by atoms with E-state index in [4.69, 9.17) is 16.3 Å². The van der Waals surface area contributed by atoms with Gasteiger partial charge in [-0.1, -0.05) is 35.9 Å². The molecule has 2 aromatic rings. The predicted octanol–water partition coefficient (Wildman–Crippen LogP) is 4.19. The number of phenolic OH excluding ortho intramolecular Hbond substituents is 1. The number of nitrogens with one attached hydrogen (secondary N) is 1. The van der Waals surface area contributed by atoms with Crippen molar-refractivity contribution in [3.63, 3.8) is 0 Å². The van der Waals surface area contributed by atoms with Crippen molar-refractivity contribution in [3.05, 3.63) is 58.6 Å². The van der Waals surface area contributed by atoms with Crippen molar-refractivity contribution < 1.29 is 9.84 Å². The molecule has 0 aliphatic carbocycles. The van der Waals surface area contributed by atoms with Crippen LogP contribution in [-0.4, -0.2) is 11.7 Å². The molecule has 0 atom stereocenters. The Bertz CT molecular complexity index is 552. The molecular weight excluding hydrogens is 274 g/mol. The molecule has 20 heavy (non-hydrogen) atoms. The Kier molecular flexibility index (Phi) is 5.27. The molecule has 2 N–H and O–H groups in total. The lowest BCUT2D eigenvalue weighted by Crippen LogP contribution is -2.04. The lowest BCUT2D eigenvalue weighted by atomic mass is 10.1. The monoisotopic (exact) mass is 291 g/mol. The van der Waals surface area contributed by atoms with Gasteiger partial charge in [-0.25, -0.2) is 0 Å². The van der Waals surface area contributed by atoms with Crippen molar-refractivity contribution in [1.82, 2.24) is 0 Å². The number of phenols is 1. The summed E-state index contributed by atoms with van der Waals surface area (Å²) in [6.07, 6.45) is 0. The van der Waals surface area contributed by atoms with Crippen LogP contribution in [0.5, 0.6) is 5.75 Å². The second-order valence-electron chi connectivity index (χ2n) is 4.39. The first kappa shape index (κ1) is 14.7. The number of halogens is 1. The number of hydrogen-bond donors (Lipinski definition) is 2. The highest BCUT2D eigenvalue weighted by Crippen LogP contribution is 2.26. The molecular formula is C16H18ClNO2. The molecule has 0 radical (unpaired) electrons. The molecule has 0 aliphatic heterocycles. The highest BCUT2D eigenvalue weighted by atomic mass is 35.5. The Labute approximate surface area is 124 Å². The van der Waals surface area contributed by atoms with Crippen LogP contribution in [0.2, 0.25) is 5.02 Å². The fourth-order valence-corrected chi connectivity index (χ4v) is 2.17. The quantitative estimate of drug-likeness (QED) is 0.838. The molecule has 0 spiro atoms. The second kappa shape index (κ2) is 7.17. The summed E-state index contributed by atoms with van der Waals surface area (Å²) in [5.74, 6) is 0.201. The summed E-state index contributed by atoms with van der Waals surface area (Å²) in [7, 11) is 0. The van der Waals surface area contributed by atoms with Crippen LogP contribution in [0.15, 0.2) is 42.5 Å². The molecule has 0 unspecified atom stereocenters. The van der Waals surface area contributed by atoms with E-state index in [0.29, 0.717) is 30.3 Å². The minimum atomic E-state index is 0.201. The van der Waals surface area contributed by atoms with Crippen molar-refractivity contribution in [2.45, 2.75) is 20.1 Å². The average molecular weight is 292 g/mol. The molecule has 0 saturated carbocycles. The van der Waals surface area contributed by atoms with Crippen LogP contribution < -0.4 is 5.32 Å². The topological polar surface area (TPSA) is 41.5 Å². The number of aromatic hydroxyl groups is 1. The highest BCUT2D eigenvalue weighted by molar-refractivity contribution is 6.31. The predicted molar refractivity (Wildman–Crippen MR) is 82.2 cm³/mol. The number of hydrogen-bond acceptors (Lipinski definition) is 3. The van der Waals surface area contributed by atoms with E-state index in [2.05, 4.69) is 5.32 Å².